The minimum absolute atomic E-state index is 0.0887. The summed E-state index contributed by atoms with van der Waals surface area (Å²) in [6.45, 7) is 5.36. The van der Waals surface area contributed by atoms with Crippen LogP contribution in [0.25, 0.3) is 0 Å². The Bertz CT molecular complexity index is 458. The van der Waals surface area contributed by atoms with Gasteiger partial charge in [0.15, 0.2) is 6.04 Å². The predicted molar refractivity (Wildman–Crippen MR) is 75.4 cm³/mol. The SMILES string of the molecule is C=CCOCC(NC(=O)C(C)c1ccccc1)C(=O)O. The van der Waals surface area contributed by atoms with Gasteiger partial charge in [0.2, 0.25) is 5.91 Å². The van der Waals surface area contributed by atoms with Crippen LogP contribution >= 0.6 is 0 Å². The second-order valence-corrected chi connectivity index (χ2v) is 4.36. The molecule has 0 saturated heterocycles. The molecule has 0 aliphatic carbocycles. The van der Waals surface area contributed by atoms with Crippen LogP contribution in [0.4, 0.5) is 0 Å². The molecular formula is C15H19NO4. The summed E-state index contributed by atoms with van der Waals surface area (Å²) in [6.07, 6.45) is 1.52. The van der Waals surface area contributed by atoms with Crippen molar-refractivity contribution in [2.45, 2.75) is 18.9 Å². The Morgan fingerprint density at radius 3 is 2.60 bits per heavy atom. The van der Waals surface area contributed by atoms with Crippen molar-refractivity contribution >= 4 is 11.9 Å². The van der Waals surface area contributed by atoms with Crippen LogP contribution in [0.2, 0.25) is 0 Å². The zero-order valence-corrected chi connectivity index (χ0v) is 11.4. The molecule has 5 nitrogen and oxygen atoms in total. The van der Waals surface area contributed by atoms with Gasteiger partial charge in [0.05, 0.1) is 19.1 Å². The zero-order chi connectivity index (χ0) is 15.0. The molecule has 20 heavy (non-hydrogen) atoms. The maximum Gasteiger partial charge on any atom is 0.328 e. The highest BCUT2D eigenvalue weighted by atomic mass is 16.5. The average Bonchev–Trinajstić information content (AvgIpc) is 2.46. The minimum Gasteiger partial charge on any atom is -0.480 e. The summed E-state index contributed by atoms with van der Waals surface area (Å²) < 4.78 is 5.08. The highest BCUT2D eigenvalue weighted by molar-refractivity contribution is 5.87. The lowest BCUT2D eigenvalue weighted by atomic mass is 10.0. The normalized spacial score (nSPS) is 13.2. The number of benzene rings is 1. The van der Waals surface area contributed by atoms with Gasteiger partial charge in [-0.05, 0) is 12.5 Å². The van der Waals surface area contributed by atoms with E-state index in [-0.39, 0.29) is 19.1 Å². The Morgan fingerprint density at radius 1 is 1.40 bits per heavy atom. The van der Waals surface area contributed by atoms with E-state index in [1.54, 1.807) is 6.92 Å². The number of rotatable bonds is 8. The molecule has 1 amide bonds. The van der Waals surface area contributed by atoms with Gasteiger partial charge in [-0.2, -0.15) is 0 Å². The number of nitrogens with one attached hydrogen (secondary N) is 1. The lowest BCUT2D eigenvalue weighted by molar-refractivity contribution is -0.143. The lowest BCUT2D eigenvalue weighted by Crippen LogP contribution is -2.45. The van der Waals surface area contributed by atoms with E-state index in [0.717, 1.165) is 5.56 Å². The van der Waals surface area contributed by atoms with E-state index in [0.29, 0.717) is 0 Å². The molecule has 2 atom stereocenters. The van der Waals surface area contributed by atoms with Crippen LogP contribution in [-0.2, 0) is 14.3 Å². The van der Waals surface area contributed by atoms with Crippen molar-refractivity contribution in [3.63, 3.8) is 0 Å². The molecule has 0 aliphatic heterocycles. The Labute approximate surface area is 118 Å². The molecule has 5 heteroatoms. The first-order valence-corrected chi connectivity index (χ1v) is 6.33. The first kappa shape index (κ1) is 15.9. The van der Waals surface area contributed by atoms with Gasteiger partial charge < -0.3 is 15.2 Å². The molecule has 2 N–H and O–H groups in total. The molecule has 2 unspecified atom stereocenters. The predicted octanol–water partition coefficient (Wildman–Crippen LogP) is 1.56. The first-order valence-electron chi connectivity index (χ1n) is 6.33. The molecule has 0 fully saturated rings. The number of amides is 1. The molecule has 1 aromatic carbocycles. The summed E-state index contributed by atoms with van der Waals surface area (Å²) in [5.74, 6) is -1.88. The fourth-order valence-corrected chi connectivity index (χ4v) is 1.63. The summed E-state index contributed by atoms with van der Waals surface area (Å²) in [5, 5.41) is 11.5. The van der Waals surface area contributed by atoms with Crippen LogP contribution in [0, 0.1) is 0 Å². The largest absolute Gasteiger partial charge is 0.480 e. The van der Waals surface area contributed by atoms with Crippen LogP contribution in [0.15, 0.2) is 43.0 Å². The van der Waals surface area contributed by atoms with Crippen LogP contribution in [0.3, 0.4) is 0 Å². The zero-order valence-electron chi connectivity index (χ0n) is 11.4. The van der Waals surface area contributed by atoms with Gasteiger partial charge in [0, 0.05) is 0 Å². The maximum absolute atomic E-state index is 12.0. The summed E-state index contributed by atoms with van der Waals surface area (Å²) >= 11 is 0. The second-order valence-electron chi connectivity index (χ2n) is 4.36. The highest BCUT2D eigenvalue weighted by Gasteiger charge is 2.23. The number of aliphatic carboxylic acids is 1. The van der Waals surface area contributed by atoms with Crippen molar-refractivity contribution in [2.75, 3.05) is 13.2 Å². The van der Waals surface area contributed by atoms with Crippen molar-refractivity contribution in [1.29, 1.82) is 0 Å². The molecule has 0 aliphatic rings. The van der Waals surface area contributed by atoms with Gasteiger partial charge in [0.1, 0.15) is 0 Å². The molecule has 1 aromatic rings. The van der Waals surface area contributed by atoms with Crippen LogP contribution in [0.1, 0.15) is 18.4 Å². The van der Waals surface area contributed by atoms with E-state index in [1.165, 1.54) is 6.08 Å². The van der Waals surface area contributed by atoms with Crippen molar-refractivity contribution in [3.8, 4) is 0 Å². The Morgan fingerprint density at radius 2 is 2.05 bits per heavy atom. The quantitative estimate of drug-likeness (QED) is 0.558. The van der Waals surface area contributed by atoms with E-state index < -0.39 is 17.9 Å². The number of carbonyl (C=O) groups is 2. The Kier molecular flexibility index (Phi) is 6.46. The number of ether oxygens (including phenoxy) is 1. The van der Waals surface area contributed by atoms with Gasteiger partial charge in [-0.25, -0.2) is 4.79 Å². The monoisotopic (exact) mass is 277 g/mol. The topological polar surface area (TPSA) is 75.6 Å². The minimum atomic E-state index is -1.12. The number of carboxylic acids is 1. The van der Waals surface area contributed by atoms with Gasteiger partial charge in [0.25, 0.3) is 0 Å². The van der Waals surface area contributed by atoms with Crippen LogP contribution in [0.5, 0.6) is 0 Å². The van der Waals surface area contributed by atoms with Gasteiger partial charge >= 0.3 is 5.97 Å². The highest BCUT2D eigenvalue weighted by Crippen LogP contribution is 2.14. The number of hydrogen-bond donors (Lipinski definition) is 2. The molecule has 0 spiro atoms. The van der Waals surface area contributed by atoms with Crippen molar-refractivity contribution in [3.05, 3.63) is 48.6 Å². The third-order valence-corrected chi connectivity index (χ3v) is 2.83. The lowest BCUT2D eigenvalue weighted by Gasteiger charge is -2.18. The maximum atomic E-state index is 12.0. The number of carboxylic acid groups (broad SMARTS) is 1. The van der Waals surface area contributed by atoms with Gasteiger partial charge in [-0.3, -0.25) is 4.79 Å². The summed E-state index contributed by atoms with van der Waals surface area (Å²) in [4.78, 5) is 23.1. The molecule has 1 rings (SSSR count). The van der Waals surface area contributed by atoms with Crippen LogP contribution in [-0.4, -0.2) is 36.2 Å². The average molecular weight is 277 g/mol. The van der Waals surface area contributed by atoms with Crippen LogP contribution < -0.4 is 5.32 Å². The van der Waals surface area contributed by atoms with Crippen molar-refractivity contribution in [1.82, 2.24) is 5.32 Å². The van der Waals surface area contributed by atoms with E-state index in [4.69, 9.17) is 9.84 Å². The third kappa shape index (κ3) is 4.85. The number of carbonyl (C=O) groups excluding carboxylic acids is 1. The van der Waals surface area contributed by atoms with E-state index in [9.17, 15) is 9.59 Å². The Hall–Kier alpha value is -2.14. The molecule has 0 aromatic heterocycles. The van der Waals surface area contributed by atoms with E-state index >= 15 is 0 Å². The molecule has 108 valence electrons. The summed E-state index contributed by atoms with van der Waals surface area (Å²) in [6, 6.07) is 8.12. The molecule has 0 heterocycles. The smallest absolute Gasteiger partial charge is 0.328 e. The molecule has 0 bridgehead atoms. The standard InChI is InChI=1S/C15H19NO4/c1-3-9-20-10-13(15(18)19)16-14(17)11(2)12-7-5-4-6-8-12/h3-8,11,13H,1,9-10H2,2H3,(H,16,17)(H,18,19). The van der Waals surface area contributed by atoms with E-state index in [1.807, 2.05) is 30.3 Å². The summed E-state index contributed by atoms with van der Waals surface area (Å²) in [7, 11) is 0. The fraction of sp³-hybridized carbons (Fsp3) is 0.333. The van der Waals surface area contributed by atoms with E-state index in [2.05, 4.69) is 11.9 Å². The third-order valence-electron chi connectivity index (χ3n) is 2.83. The second kappa shape index (κ2) is 8.12. The molecule has 0 saturated carbocycles. The summed E-state index contributed by atoms with van der Waals surface area (Å²) in [5.41, 5.74) is 0.834. The van der Waals surface area contributed by atoms with Crippen molar-refractivity contribution < 1.29 is 19.4 Å². The molecular weight excluding hydrogens is 258 g/mol. The van der Waals surface area contributed by atoms with Gasteiger partial charge in [-0.1, -0.05) is 36.4 Å². The first-order chi connectivity index (χ1) is 9.56. The number of hydrogen-bond acceptors (Lipinski definition) is 3. The van der Waals surface area contributed by atoms with Gasteiger partial charge in [-0.15, -0.1) is 6.58 Å². The fourth-order valence-electron chi connectivity index (χ4n) is 1.63. The Balaban J connectivity index is 2.61. The van der Waals surface area contributed by atoms with Crippen molar-refractivity contribution in [2.24, 2.45) is 0 Å². The molecule has 0 radical (unpaired) electrons.